The second-order valence-electron chi connectivity index (χ2n) is 4.66. The van der Waals surface area contributed by atoms with Crippen molar-refractivity contribution in [3.8, 4) is 0 Å². The van der Waals surface area contributed by atoms with Gasteiger partial charge in [0.2, 0.25) is 5.91 Å². The number of pyridine rings is 1. The molecule has 0 atom stereocenters. The quantitative estimate of drug-likeness (QED) is 0.577. The number of carbonyl (C=O) groups excluding carboxylic acids is 1. The van der Waals surface area contributed by atoms with E-state index < -0.39 is 5.82 Å². The summed E-state index contributed by atoms with van der Waals surface area (Å²) in [5.74, 6) is -0.218. The van der Waals surface area contributed by atoms with E-state index in [-0.39, 0.29) is 12.5 Å². The molecule has 2 aromatic rings. The Hall–Kier alpha value is -2.96. The average Bonchev–Trinajstić information content (AvgIpc) is 2.56. The van der Waals surface area contributed by atoms with Gasteiger partial charge < -0.3 is 16.0 Å². The summed E-state index contributed by atoms with van der Waals surface area (Å²) < 4.78 is 13.0. The standard InChI is InChI=1S/C16H18FN5O/c1-18-16(20-10-14-6-2-3-8-19-14)21-11-15(23)22-13-7-4-5-12(17)9-13/h2-9H,10-11H2,1H3,(H,22,23)(H2,18,20,21). The number of nitrogens with one attached hydrogen (secondary N) is 3. The first-order chi connectivity index (χ1) is 11.2. The van der Waals surface area contributed by atoms with Crippen LogP contribution >= 0.6 is 0 Å². The summed E-state index contributed by atoms with van der Waals surface area (Å²) in [6, 6.07) is 11.3. The van der Waals surface area contributed by atoms with E-state index in [2.05, 4.69) is 25.9 Å². The molecule has 7 heteroatoms. The molecule has 0 aliphatic carbocycles. The fourth-order valence-electron chi connectivity index (χ4n) is 1.83. The molecule has 1 amide bonds. The molecule has 0 unspecified atom stereocenters. The molecule has 0 aliphatic rings. The van der Waals surface area contributed by atoms with E-state index in [4.69, 9.17) is 0 Å². The number of anilines is 1. The van der Waals surface area contributed by atoms with Gasteiger partial charge in [-0.3, -0.25) is 14.8 Å². The predicted molar refractivity (Wildman–Crippen MR) is 87.5 cm³/mol. The summed E-state index contributed by atoms with van der Waals surface area (Å²) in [4.78, 5) is 20.0. The maximum absolute atomic E-state index is 13.0. The normalized spacial score (nSPS) is 11.0. The summed E-state index contributed by atoms with van der Waals surface area (Å²) in [5.41, 5.74) is 1.27. The van der Waals surface area contributed by atoms with Crippen LogP contribution in [0.3, 0.4) is 0 Å². The van der Waals surface area contributed by atoms with Crippen molar-refractivity contribution in [2.24, 2.45) is 4.99 Å². The topological polar surface area (TPSA) is 78.4 Å². The first-order valence-corrected chi connectivity index (χ1v) is 7.07. The number of aromatic nitrogens is 1. The van der Waals surface area contributed by atoms with Crippen LogP contribution in [0.1, 0.15) is 5.69 Å². The van der Waals surface area contributed by atoms with Crippen LogP contribution < -0.4 is 16.0 Å². The number of guanidine groups is 1. The number of rotatable bonds is 5. The molecule has 6 nitrogen and oxygen atoms in total. The molecule has 1 aromatic carbocycles. The molecule has 23 heavy (non-hydrogen) atoms. The SMILES string of the molecule is CN=C(NCC(=O)Nc1cccc(F)c1)NCc1ccccn1. The predicted octanol–water partition coefficient (Wildman–Crippen LogP) is 1.52. The van der Waals surface area contributed by atoms with Gasteiger partial charge in [0.25, 0.3) is 0 Å². The lowest BCUT2D eigenvalue weighted by Gasteiger charge is -2.11. The molecule has 0 saturated carbocycles. The second kappa shape index (κ2) is 8.47. The molecule has 0 fully saturated rings. The minimum absolute atomic E-state index is 0.0123. The van der Waals surface area contributed by atoms with Crippen molar-refractivity contribution in [2.75, 3.05) is 18.9 Å². The summed E-state index contributed by atoms with van der Waals surface area (Å²) in [7, 11) is 1.61. The van der Waals surface area contributed by atoms with Gasteiger partial charge >= 0.3 is 0 Å². The summed E-state index contributed by atoms with van der Waals surface area (Å²) >= 11 is 0. The van der Waals surface area contributed by atoms with Crippen molar-refractivity contribution in [2.45, 2.75) is 6.54 Å². The summed E-state index contributed by atoms with van der Waals surface area (Å²) in [5, 5.41) is 8.53. The number of nitrogens with zero attached hydrogens (tertiary/aromatic N) is 2. The van der Waals surface area contributed by atoms with Crippen LogP contribution in [0.5, 0.6) is 0 Å². The molecule has 0 saturated heterocycles. The van der Waals surface area contributed by atoms with E-state index in [0.29, 0.717) is 18.2 Å². The lowest BCUT2D eigenvalue weighted by Crippen LogP contribution is -2.41. The third-order valence-corrected chi connectivity index (χ3v) is 2.91. The maximum Gasteiger partial charge on any atom is 0.243 e. The van der Waals surface area contributed by atoms with E-state index in [0.717, 1.165) is 5.69 Å². The van der Waals surface area contributed by atoms with Gasteiger partial charge in [-0.15, -0.1) is 0 Å². The van der Waals surface area contributed by atoms with Crippen LogP contribution in [0.25, 0.3) is 0 Å². The van der Waals surface area contributed by atoms with Gasteiger partial charge in [-0.1, -0.05) is 12.1 Å². The Bertz CT molecular complexity index is 675. The number of aliphatic imine (C=N–C) groups is 1. The van der Waals surface area contributed by atoms with Gasteiger partial charge in [0.1, 0.15) is 5.82 Å². The Balaban J connectivity index is 1.77. The lowest BCUT2D eigenvalue weighted by molar-refractivity contribution is -0.115. The number of carbonyl (C=O) groups is 1. The van der Waals surface area contributed by atoms with Crippen molar-refractivity contribution in [3.63, 3.8) is 0 Å². The van der Waals surface area contributed by atoms with Gasteiger partial charge in [-0.2, -0.15) is 0 Å². The third-order valence-electron chi connectivity index (χ3n) is 2.91. The van der Waals surface area contributed by atoms with Gasteiger partial charge in [0.05, 0.1) is 18.8 Å². The zero-order valence-corrected chi connectivity index (χ0v) is 12.7. The Morgan fingerprint density at radius 1 is 1.22 bits per heavy atom. The van der Waals surface area contributed by atoms with E-state index in [1.54, 1.807) is 19.3 Å². The first-order valence-electron chi connectivity index (χ1n) is 7.07. The van der Waals surface area contributed by atoms with Gasteiger partial charge in [0, 0.05) is 18.9 Å². The highest BCUT2D eigenvalue weighted by molar-refractivity contribution is 5.94. The van der Waals surface area contributed by atoms with Crippen molar-refractivity contribution >= 4 is 17.6 Å². The van der Waals surface area contributed by atoms with Gasteiger partial charge in [-0.25, -0.2) is 4.39 Å². The molecule has 2 rings (SSSR count). The molecule has 120 valence electrons. The number of hydrogen-bond donors (Lipinski definition) is 3. The highest BCUT2D eigenvalue weighted by Crippen LogP contribution is 2.08. The second-order valence-corrected chi connectivity index (χ2v) is 4.66. The van der Waals surface area contributed by atoms with Crippen LogP contribution in [0.15, 0.2) is 53.7 Å². The molecule has 0 spiro atoms. The number of hydrogen-bond acceptors (Lipinski definition) is 3. The molecule has 1 aromatic heterocycles. The van der Waals surface area contributed by atoms with E-state index >= 15 is 0 Å². The molecule has 0 bridgehead atoms. The Morgan fingerprint density at radius 3 is 2.78 bits per heavy atom. The molecular formula is C16H18FN5O. The largest absolute Gasteiger partial charge is 0.351 e. The van der Waals surface area contributed by atoms with Gasteiger partial charge in [0.15, 0.2) is 5.96 Å². The average molecular weight is 315 g/mol. The van der Waals surface area contributed by atoms with Crippen molar-refractivity contribution in [1.82, 2.24) is 15.6 Å². The first kappa shape index (κ1) is 16.4. The summed E-state index contributed by atoms with van der Waals surface area (Å²) in [6.45, 7) is 0.504. The van der Waals surface area contributed by atoms with Crippen LogP contribution in [0, 0.1) is 5.82 Å². The number of amides is 1. The smallest absolute Gasteiger partial charge is 0.243 e. The molecule has 3 N–H and O–H groups in total. The lowest BCUT2D eigenvalue weighted by atomic mass is 10.3. The Labute approximate surface area is 133 Å². The van der Waals surface area contributed by atoms with Crippen molar-refractivity contribution < 1.29 is 9.18 Å². The van der Waals surface area contributed by atoms with Crippen LogP contribution in [0.4, 0.5) is 10.1 Å². The third kappa shape index (κ3) is 5.74. The molecule has 0 radical (unpaired) electrons. The highest BCUT2D eigenvalue weighted by Gasteiger charge is 2.05. The van der Waals surface area contributed by atoms with E-state index in [1.165, 1.54) is 18.2 Å². The molecule has 1 heterocycles. The minimum atomic E-state index is -0.399. The molecule has 0 aliphatic heterocycles. The van der Waals surface area contributed by atoms with Crippen LogP contribution in [-0.4, -0.2) is 30.4 Å². The highest BCUT2D eigenvalue weighted by atomic mass is 19.1. The van der Waals surface area contributed by atoms with E-state index in [9.17, 15) is 9.18 Å². The van der Waals surface area contributed by atoms with Gasteiger partial charge in [-0.05, 0) is 30.3 Å². The Morgan fingerprint density at radius 2 is 2.09 bits per heavy atom. The maximum atomic E-state index is 13.0. The van der Waals surface area contributed by atoms with Crippen molar-refractivity contribution in [1.29, 1.82) is 0 Å². The number of benzene rings is 1. The zero-order valence-electron chi connectivity index (χ0n) is 12.7. The Kier molecular flexibility index (Phi) is 6.05. The van der Waals surface area contributed by atoms with Crippen LogP contribution in [-0.2, 0) is 11.3 Å². The summed E-state index contributed by atoms with van der Waals surface area (Å²) in [6.07, 6.45) is 1.71. The fourth-order valence-corrected chi connectivity index (χ4v) is 1.83. The van der Waals surface area contributed by atoms with Crippen LogP contribution in [0.2, 0.25) is 0 Å². The number of halogens is 1. The fraction of sp³-hybridized carbons (Fsp3) is 0.188. The monoisotopic (exact) mass is 315 g/mol. The zero-order chi connectivity index (χ0) is 16.5. The minimum Gasteiger partial charge on any atom is -0.351 e. The van der Waals surface area contributed by atoms with Crippen molar-refractivity contribution in [3.05, 3.63) is 60.2 Å². The van der Waals surface area contributed by atoms with E-state index in [1.807, 2.05) is 18.2 Å². The molecular weight excluding hydrogens is 297 g/mol.